The van der Waals surface area contributed by atoms with E-state index in [2.05, 4.69) is 5.32 Å². The fourth-order valence-electron chi connectivity index (χ4n) is 2.95. The second-order valence-corrected chi connectivity index (χ2v) is 5.91. The number of amides is 1. The van der Waals surface area contributed by atoms with Gasteiger partial charge in [0.05, 0.1) is 12.0 Å². The second kappa shape index (κ2) is 8.06. The lowest BCUT2D eigenvalue weighted by molar-refractivity contribution is -0.144. The van der Waals surface area contributed by atoms with Crippen molar-refractivity contribution in [2.24, 2.45) is 11.8 Å². The minimum atomic E-state index is -0.778. The molecule has 0 aliphatic heterocycles. The van der Waals surface area contributed by atoms with Crippen LogP contribution in [-0.4, -0.2) is 30.6 Å². The molecule has 1 saturated carbocycles. The third-order valence-electron chi connectivity index (χ3n) is 4.44. The molecule has 1 unspecified atom stereocenters. The van der Waals surface area contributed by atoms with Gasteiger partial charge in [0, 0.05) is 19.6 Å². The van der Waals surface area contributed by atoms with Crippen LogP contribution in [0.2, 0.25) is 0 Å². The summed E-state index contributed by atoms with van der Waals surface area (Å²) in [6, 6.07) is 5.98. The van der Waals surface area contributed by atoms with Crippen molar-refractivity contribution < 1.29 is 23.8 Å². The van der Waals surface area contributed by atoms with E-state index in [1.807, 2.05) is 0 Å². The maximum atomic E-state index is 12.9. The lowest BCUT2D eigenvalue weighted by atomic mass is 9.81. The van der Waals surface area contributed by atoms with Crippen LogP contribution in [0.1, 0.15) is 37.4 Å². The summed E-state index contributed by atoms with van der Waals surface area (Å²) in [4.78, 5) is 23.1. The average molecular weight is 323 g/mol. The summed E-state index contributed by atoms with van der Waals surface area (Å²) >= 11 is 0. The summed E-state index contributed by atoms with van der Waals surface area (Å²) in [5.41, 5.74) is 0.795. The number of rotatable bonds is 6. The average Bonchev–Trinajstić information content (AvgIpc) is 2.56. The van der Waals surface area contributed by atoms with Crippen LogP contribution in [0.25, 0.3) is 0 Å². The van der Waals surface area contributed by atoms with Gasteiger partial charge in [0.2, 0.25) is 5.91 Å². The highest BCUT2D eigenvalue weighted by Crippen LogP contribution is 2.29. The van der Waals surface area contributed by atoms with Crippen LogP contribution in [0, 0.1) is 17.7 Å². The number of carboxylic acids is 1. The first-order valence-corrected chi connectivity index (χ1v) is 7.80. The van der Waals surface area contributed by atoms with Gasteiger partial charge >= 0.3 is 5.97 Å². The van der Waals surface area contributed by atoms with Crippen LogP contribution >= 0.6 is 0 Å². The van der Waals surface area contributed by atoms with Crippen LogP contribution < -0.4 is 5.32 Å². The second-order valence-electron chi connectivity index (χ2n) is 5.91. The number of carbonyl (C=O) groups excluding carboxylic acids is 1. The lowest BCUT2D eigenvalue weighted by Crippen LogP contribution is -2.36. The van der Waals surface area contributed by atoms with E-state index in [0.29, 0.717) is 32.2 Å². The number of hydrogen-bond acceptors (Lipinski definition) is 3. The zero-order chi connectivity index (χ0) is 16.8. The van der Waals surface area contributed by atoms with E-state index in [4.69, 9.17) is 9.84 Å². The van der Waals surface area contributed by atoms with Crippen molar-refractivity contribution in [3.05, 3.63) is 35.6 Å². The topological polar surface area (TPSA) is 75.6 Å². The first-order chi connectivity index (χ1) is 11.0. The molecule has 2 N–H and O–H groups in total. The number of benzene rings is 1. The molecule has 0 bridgehead atoms. The van der Waals surface area contributed by atoms with Crippen LogP contribution in [0.5, 0.6) is 0 Å². The van der Waals surface area contributed by atoms with Crippen molar-refractivity contribution in [1.29, 1.82) is 0 Å². The largest absolute Gasteiger partial charge is 0.481 e. The van der Waals surface area contributed by atoms with E-state index >= 15 is 0 Å². The van der Waals surface area contributed by atoms with Crippen LogP contribution in [-0.2, 0) is 14.3 Å². The minimum Gasteiger partial charge on any atom is -0.481 e. The molecule has 1 amide bonds. The molecule has 0 radical (unpaired) electrons. The fourth-order valence-corrected chi connectivity index (χ4v) is 2.95. The Morgan fingerprint density at radius 1 is 1.22 bits per heavy atom. The number of aliphatic carboxylic acids is 1. The van der Waals surface area contributed by atoms with E-state index in [1.165, 1.54) is 19.2 Å². The van der Waals surface area contributed by atoms with Gasteiger partial charge in [0.25, 0.3) is 0 Å². The van der Waals surface area contributed by atoms with E-state index in [1.54, 1.807) is 12.1 Å². The molecule has 0 saturated heterocycles. The Bertz CT molecular complexity index is 538. The third-order valence-corrected chi connectivity index (χ3v) is 4.44. The Balaban J connectivity index is 1.83. The maximum absolute atomic E-state index is 12.9. The van der Waals surface area contributed by atoms with Crippen molar-refractivity contribution in [2.45, 2.75) is 31.8 Å². The normalized spacial score (nSPS) is 22.3. The van der Waals surface area contributed by atoms with Crippen LogP contribution in [0.4, 0.5) is 4.39 Å². The van der Waals surface area contributed by atoms with Gasteiger partial charge in [-0.05, 0) is 43.4 Å². The third kappa shape index (κ3) is 4.76. The van der Waals surface area contributed by atoms with E-state index in [0.717, 1.165) is 5.56 Å². The number of nitrogens with one attached hydrogen (secondary N) is 1. The summed E-state index contributed by atoms with van der Waals surface area (Å²) in [6.07, 6.45) is 1.93. The molecule has 1 atom stereocenters. The van der Waals surface area contributed by atoms with Crippen molar-refractivity contribution in [1.82, 2.24) is 5.32 Å². The molecule has 1 aromatic carbocycles. The molecule has 1 aliphatic carbocycles. The number of carboxylic acid groups (broad SMARTS) is 1. The predicted molar refractivity (Wildman–Crippen MR) is 82.2 cm³/mol. The first-order valence-electron chi connectivity index (χ1n) is 7.80. The molecular formula is C17H22FNO4. The Labute approximate surface area is 134 Å². The first kappa shape index (κ1) is 17.4. The Hall–Kier alpha value is -1.95. The van der Waals surface area contributed by atoms with Gasteiger partial charge in [-0.25, -0.2) is 4.39 Å². The number of hydrogen-bond donors (Lipinski definition) is 2. The molecule has 6 heteroatoms. The summed E-state index contributed by atoms with van der Waals surface area (Å²) in [6.45, 7) is 0.305. The number of halogens is 1. The number of ether oxygens (including phenoxy) is 1. The zero-order valence-electron chi connectivity index (χ0n) is 13.1. The van der Waals surface area contributed by atoms with E-state index < -0.39 is 5.97 Å². The monoisotopic (exact) mass is 323 g/mol. The summed E-state index contributed by atoms with van der Waals surface area (Å²) < 4.78 is 18.3. The van der Waals surface area contributed by atoms with Crippen LogP contribution in [0.15, 0.2) is 24.3 Å². The molecule has 1 aromatic rings. The standard InChI is InChI=1S/C17H22FNO4/c1-23-15(11-6-8-14(18)9-7-11)10-19-16(20)12-2-4-13(5-3-12)17(21)22/h6-9,12-13,15H,2-5,10H2,1H3,(H,19,20)(H,21,22). The maximum Gasteiger partial charge on any atom is 0.306 e. The number of methoxy groups -OCH3 is 1. The molecule has 1 aliphatic rings. The van der Waals surface area contributed by atoms with Gasteiger partial charge in [-0.3, -0.25) is 9.59 Å². The van der Waals surface area contributed by atoms with E-state index in [9.17, 15) is 14.0 Å². The lowest BCUT2D eigenvalue weighted by Gasteiger charge is -2.26. The molecule has 0 spiro atoms. The summed E-state index contributed by atoms with van der Waals surface area (Å²) in [5, 5.41) is 11.8. The quantitative estimate of drug-likeness (QED) is 0.843. The number of carbonyl (C=O) groups is 2. The van der Waals surface area contributed by atoms with Gasteiger partial charge in [-0.2, -0.15) is 0 Å². The molecule has 1 fully saturated rings. The molecule has 126 valence electrons. The SMILES string of the molecule is COC(CNC(=O)C1CCC(C(=O)O)CC1)c1ccc(F)cc1. The Morgan fingerprint density at radius 2 is 1.78 bits per heavy atom. The Kier molecular flexibility index (Phi) is 6.10. The van der Waals surface area contributed by atoms with Crippen molar-refractivity contribution in [3.63, 3.8) is 0 Å². The molecule has 0 aromatic heterocycles. The highest BCUT2D eigenvalue weighted by atomic mass is 19.1. The Morgan fingerprint density at radius 3 is 2.30 bits per heavy atom. The molecule has 23 heavy (non-hydrogen) atoms. The van der Waals surface area contributed by atoms with Gasteiger partial charge < -0.3 is 15.2 Å². The van der Waals surface area contributed by atoms with Crippen LogP contribution in [0.3, 0.4) is 0 Å². The minimum absolute atomic E-state index is 0.0713. The van der Waals surface area contributed by atoms with Gasteiger partial charge in [-0.15, -0.1) is 0 Å². The zero-order valence-corrected chi connectivity index (χ0v) is 13.1. The molecular weight excluding hydrogens is 301 g/mol. The molecule has 2 rings (SSSR count). The van der Waals surface area contributed by atoms with Crippen molar-refractivity contribution in [2.75, 3.05) is 13.7 Å². The van der Waals surface area contributed by atoms with Gasteiger partial charge in [-0.1, -0.05) is 12.1 Å². The van der Waals surface area contributed by atoms with Gasteiger partial charge in [0.15, 0.2) is 0 Å². The smallest absolute Gasteiger partial charge is 0.306 e. The van der Waals surface area contributed by atoms with Crippen molar-refractivity contribution in [3.8, 4) is 0 Å². The summed E-state index contributed by atoms with van der Waals surface area (Å²) in [5.74, 6) is -1.64. The highest BCUT2D eigenvalue weighted by Gasteiger charge is 2.29. The molecule has 5 nitrogen and oxygen atoms in total. The predicted octanol–water partition coefficient (Wildman–Crippen LogP) is 2.52. The van der Waals surface area contributed by atoms with Crippen molar-refractivity contribution >= 4 is 11.9 Å². The van der Waals surface area contributed by atoms with Gasteiger partial charge in [0.1, 0.15) is 5.82 Å². The summed E-state index contributed by atoms with van der Waals surface area (Å²) in [7, 11) is 1.54. The van der Waals surface area contributed by atoms with E-state index in [-0.39, 0.29) is 29.7 Å². The highest BCUT2D eigenvalue weighted by molar-refractivity contribution is 5.79. The fraction of sp³-hybridized carbons (Fsp3) is 0.529. The molecule has 0 heterocycles.